The molecular weight excluding hydrogens is 296 g/mol. The molecule has 1 aliphatic heterocycles. The van der Waals surface area contributed by atoms with Crippen LogP contribution < -0.4 is 0 Å². The molecule has 2 rings (SSSR count). The summed E-state index contributed by atoms with van der Waals surface area (Å²) in [5, 5.41) is 10.0. The van der Waals surface area contributed by atoms with Crippen molar-refractivity contribution in [3.63, 3.8) is 0 Å². The van der Waals surface area contributed by atoms with Gasteiger partial charge in [0.1, 0.15) is 6.10 Å². The van der Waals surface area contributed by atoms with Crippen LogP contribution in [0.4, 0.5) is 0 Å². The molecule has 1 aliphatic rings. The van der Waals surface area contributed by atoms with Crippen LogP contribution in [0.1, 0.15) is 31.7 Å². The van der Waals surface area contributed by atoms with E-state index in [1.807, 2.05) is 30.3 Å². The highest BCUT2D eigenvalue weighted by Crippen LogP contribution is 2.23. The van der Waals surface area contributed by atoms with Gasteiger partial charge in [0, 0.05) is 6.42 Å². The molecule has 0 unspecified atom stereocenters. The highest BCUT2D eigenvalue weighted by molar-refractivity contribution is 5.71. The first kappa shape index (κ1) is 17.5. The second-order valence-electron chi connectivity index (χ2n) is 5.44. The van der Waals surface area contributed by atoms with Gasteiger partial charge >= 0.3 is 5.97 Å². The van der Waals surface area contributed by atoms with Crippen molar-refractivity contribution in [3.05, 3.63) is 47.7 Å². The summed E-state index contributed by atoms with van der Waals surface area (Å²) in [6.07, 6.45) is 2.20. The van der Waals surface area contributed by atoms with Gasteiger partial charge in [0.05, 0.1) is 38.1 Å². The number of carbonyl (C=O) groups is 1. The lowest BCUT2D eigenvalue weighted by Gasteiger charge is -2.30. The summed E-state index contributed by atoms with van der Waals surface area (Å²) in [5.74, 6) is 0.447. The van der Waals surface area contributed by atoms with Crippen LogP contribution in [-0.2, 0) is 25.6 Å². The average Bonchev–Trinajstić information content (AvgIpc) is 2.56. The van der Waals surface area contributed by atoms with E-state index in [0.29, 0.717) is 32.7 Å². The lowest BCUT2D eigenvalue weighted by molar-refractivity contribution is -0.142. The third-order valence-corrected chi connectivity index (χ3v) is 3.61. The minimum Gasteiger partial charge on any atom is -0.490 e. The lowest BCUT2D eigenvalue weighted by atomic mass is 10.0. The second-order valence-corrected chi connectivity index (χ2v) is 5.44. The molecular formula is C18H24O5. The molecule has 1 fully saturated rings. The fraction of sp³-hybridized carbons (Fsp3) is 0.500. The Balaban J connectivity index is 1.78. The van der Waals surface area contributed by atoms with E-state index in [1.165, 1.54) is 0 Å². The molecule has 0 aliphatic carbocycles. The van der Waals surface area contributed by atoms with Gasteiger partial charge in [-0.15, -0.1) is 0 Å². The summed E-state index contributed by atoms with van der Waals surface area (Å²) in [7, 11) is 0. The Bertz CT molecular complexity index is 511. The van der Waals surface area contributed by atoms with Gasteiger partial charge in [-0.1, -0.05) is 30.3 Å². The molecule has 0 bridgehead atoms. The van der Waals surface area contributed by atoms with Crippen LogP contribution in [0.5, 0.6) is 0 Å². The van der Waals surface area contributed by atoms with Gasteiger partial charge in [-0.3, -0.25) is 4.79 Å². The third kappa shape index (κ3) is 6.04. The van der Waals surface area contributed by atoms with E-state index < -0.39 is 12.2 Å². The number of aliphatic hydroxyl groups excluding tert-OH is 1. The van der Waals surface area contributed by atoms with Crippen LogP contribution in [0.25, 0.3) is 0 Å². The lowest BCUT2D eigenvalue weighted by Crippen LogP contribution is -2.36. The van der Waals surface area contributed by atoms with E-state index in [2.05, 4.69) is 0 Å². The molecule has 23 heavy (non-hydrogen) atoms. The number of esters is 1. The standard InChI is InChI=1S/C18H24O5/c1-2-22-18(20)11-9-15-8-10-16(19)17(23-15)13-21-12-14-6-4-3-5-7-14/h3-7,9,16-17,19H,2,8,10-13H2,1H3/b15-9-/t16-,17+/m1/s1. The topological polar surface area (TPSA) is 65.0 Å². The molecule has 5 heteroatoms. The number of hydrogen-bond acceptors (Lipinski definition) is 5. The first-order chi connectivity index (χ1) is 11.2. The maximum absolute atomic E-state index is 11.4. The molecule has 0 amide bonds. The van der Waals surface area contributed by atoms with Crippen molar-refractivity contribution in [2.24, 2.45) is 0 Å². The zero-order valence-corrected chi connectivity index (χ0v) is 13.4. The monoisotopic (exact) mass is 320 g/mol. The molecule has 0 spiro atoms. The van der Waals surface area contributed by atoms with Gasteiger partial charge < -0.3 is 19.3 Å². The molecule has 1 heterocycles. The van der Waals surface area contributed by atoms with Crippen molar-refractivity contribution < 1.29 is 24.1 Å². The minimum absolute atomic E-state index is 0.191. The Labute approximate surface area is 136 Å². The SMILES string of the molecule is CCOC(=O)C/C=C1/CC[C@@H](O)[C@H](COCc2ccccc2)O1. The molecule has 0 aromatic heterocycles. The molecule has 1 aromatic carbocycles. The van der Waals surface area contributed by atoms with E-state index in [4.69, 9.17) is 14.2 Å². The number of aliphatic hydroxyl groups is 1. The molecule has 0 saturated carbocycles. The van der Waals surface area contributed by atoms with Crippen LogP contribution in [-0.4, -0.2) is 36.5 Å². The number of benzene rings is 1. The largest absolute Gasteiger partial charge is 0.490 e. The zero-order chi connectivity index (χ0) is 16.5. The molecule has 126 valence electrons. The van der Waals surface area contributed by atoms with Crippen molar-refractivity contribution in [2.45, 2.75) is 45.0 Å². The van der Waals surface area contributed by atoms with Gasteiger partial charge in [0.2, 0.25) is 0 Å². The Morgan fingerprint density at radius 2 is 2.17 bits per heavy atom. The Morgan fingerprint density at radius 1 is 1.39 bits per heavy atom. The van der Waals surface area contributed by atoms with Crippen molar-refractivity contribution in [1.29, 1.82) is 0 Å². The van der Waals surface area contributed by atoms with E-state index in [0.717, 1.165) is 11.3 Å². The van der Waals surface area contributed by atoms with Crippen LogP contribution in [0, 0.1) is 0 Å². The molecule has 2 atom stereocenters. The average molecular weight is 320 g/mol. The number of carbonyl (C=O) groups excluding carboxylic acids is 1. The zero-order valence-electron chi connectivity index (χ0n) is 13.4. The molecule has 1 aromatic rings. The second kappa shape index (κ2) is 9.33. The molecule has 5 nitrogen and oxygen atoms in total. The van der Waals surface area contributed by atoms with Gasteiger partial charge in [0.25, 0.3) is 0 Å². The van der Waals surface area contributed by atoms with Crippen LogP contribution in [0.3, 0.4) is 0 Å². The van der Waals surface area contributed by atoms with Crippen molar-refractivity contribution >= 4 is 5.97 Å². The minimum atomic E-state index is -0.550. The first-order valence-electron chi connectivity index (χ1n) is 8.00. The van der Waals surface area contributed by atoms with Crippen molar-refractivity contribution in [2.75, 3.05) is 13.2 Å². The van der Waals surface area contributed by atoms with Crippen molar-refractivity contribution in [3.8, 4) is 0 Å². The van der Waals surface area contributed by atoms with Crippen LogP contribution >= 0.6 is 0 Å². The smallest absolute Gasteiger partial charge is 0.309 e. The Kier molecular flexibility index (Phi) is 7.10. The number of rotatable bonds is 7. The Hall–Kier alpha value is -1.85. The molecule has 0 radical (unpaired) electrons. The quantitative estimate of drug-likeness (QED) is 0.782. The van der Waals surface area contributed by atoms with Crippen LogP contribution in [0.2, 0.25) is 0 Å². The predicted octanol–water partition coefficient (Wildman–Crippen LogP) is 2.58. The van der Waals surface area contributed by atoms with Gasteiger partial charge in [-0.05, 0) is 25.0 Å². The summed E-state index contributed by atoms with van der Waals surface area (Å²) in [6.45, 7) is 2.94. The summed E-state index contributed by atoms with van der Waals surface area (Å²) in [6, 6.07) is 9.85. The van der Waals surface area contributed by atoms with Crippen molar-refractivity contribution in [1.82, 2.24) is 0 Å². The van der Waals surface area contributed by atoms with Gasteiger partial charge in [-0.2, -0.15) is 0 Å². The van der Waals surface area contributed by atoms with E-state index >= 15 is 0 Å². The van der Waals surface area contributed by atoms with E-state index in [-0.39, 0.29) is 12.4 Å². The molecule has 1 N–H and O–H groups in total. The van der Waals surface area contributed by atoms with Gasteiger partial charge in [0.15, 0.2) is 0 Å². The summed E-state index contributed by atoms with van der Waals surface area (Å²) < 4.78 is 16.3. The predicted molar refractivity (Wildman–Crippen MR) is 85.5 cm³/mol. The van der Waals surface area contributed by atoms with Crippen LogP contribution in [0.15, 0.2) is 42.2 Å². The van der Waals surface area contributed by atoms with E-state index in [9.17, 15) is 9.90 Å². The Morgan fingerprint density at radius 3 is 2.91 bits per heavy atom. The fourth-order valence-corrected chi connectivity index (χ4v) is 2.39. The highest BCUT2D eigenvalue weighted by Gasteiger charge is 2.27. The third-order valence-electron chi connectivity index (χ3n) is 3.61. The molecule has 1 saturated heterocycles. The summed E-state index contributed by atoms with van der Waals surface area (Å²) >= 11 is 0. The van der Waals surface area contributed by atoms with E-state index in [1.54, 1.807) is 13.0 Å². The maximum Gasteiger partial charge on any atom is 0.309 e. The maximum atomic E-state index is 11.4. The first-order valence-corrected chi connectivity index (χ1v) is 8.00. The fourth-order valence-electron chi connectivity index (χ4n) is 2.39. The highest BCUT2D eigenvalue weighted by atomic mass is 16.5. The number of ether oxygens (including phenoxy) is 3. The van der Waals surface area contributed by atoms with Gasteiger partial charge in [-0.25, -0.2) is 0 Å². The summed E-state index contributed by atoms with van der Waals surface area (Å²) in [4.78, 5) is 11.4. The number of allylic oxidation sites excluding steroid dienone is 1. The number of hydrogen-bond donors (Lipinski definition) is 1. The normalized spacial score (nSPS) is 22.6. The summed E-state index contributed by atoms with van der Waals surface area (Å²) in [5.41, 5.74) is 1.08.